The topological polar surface area (TPSA) is 136 Å². The van der Waals surface area contributed by atoms with Gasteiger partial charge in [0.15, 0.2) is 0 Å². The summed E-state index contributed by atoms with van der Waals surface area (Å²) in [6.07, 6.45) is 2.54. The minimum Gasteiger partial charge on any atom is -0.396 e. The van der Waals surface area contributed by atoms with E-state index in [2.05, 4.69) is 15.6 Å². The maximum Gasteiger partial charge on any atom is 0.225 e. The first-order valence-corrected chi connectivity index (χ1v) is 12.6. The highest BCUT2D eigenvalue weighted by molar-refractivity contribution is 7.21. The molecule has 0 bridgehead atoms. The number of rotatable bonds is 6. The van der Waals surface area contributed by atoms with E-state index in [0.29, 0.717) is 24.1 Å². The predicted molar refractivity (Wildman–Crippen MR) is 140 cm³/mol. The molecular weight excluding hydrogens is 488 g/mol. The summed E-state index contributed by atoms with van der Waals surface area (Å²) in [7, 11) is 0. The quantitative estimate of drug-likeness (QED) is 0.331. The van der Waals surface area contributed by atoms with Gasteiger partial charge < -0.3 is 26.0 Å². The highest BCUT2D eigenvalue weighted by Gasteiger charge is 2.42. The highest BCUT2D eigenvalue weighted by Crippen LogP contribution is 2.44. The number of nitrogens with zero attached hydrogens (tertiary/aromatic N) is 4. The molecule has 35 heavy (non-hydrogen) atoms. The van der Waals surface area contributed by atoms with Crippen LogP contribution in [0, 0.1) is 12.8 Å². The number of pyridine rings is 1. The molecule has 0 saturated heterocycles. The molecule has 4 atom stereocenters. The van der Waals surface area contributed by atoms with Crippen molar-refractivity contribution in [2.24, 2.45) is 5.92 Å². The molecule has 3 aromatic heterocycles. The number of aromatic nitrogens is 4. The molecule has 5 N–H and O–H groups in total. The second-order valence-corrected chi connectivity index (χ2v) is 11.5. The number of hydrogen-bond acceptors (Lipinski definition) is 10. The lowest BCUT2D eigenvalue weighted by Gasteiger charge is -2.26. The van der Waals surface area contributed by atoms with Crippen LogP contribution in [0.2, 0.25) is 0 Å². The third kappa shape index (κ3) is 5.22. The van der Waals surface area contributed by atoms with Gasteiger partial charge in [0, 0.05) is 30.2 Å². The lowest BCUT2D eigenvalue weighted by Crippen LogP contribution is -2.39. The van der Waals surface area contributed by atoms with Crippen molar-refractivity contribution in [3.8, 4) is 10.6 Å². The van der Waals surface area contributed by atoms with Crippen molar-refractivity contribution in [3.63, 3.8) is 0 Å². The smallest absolute Gasteiger partial charge is 0.225 e. The van der Waals surface area contributed by atoms with Crippen molar-refractivity contribution < 1.29 is 15.3 Å². The average molecular weight is 521 g/mol. The zero-order valence-corrected chi connectivity index (χ0v) is 21.9. The van der Waals surface area contributed by atoms with Crippen LogP contribution in [-0.2, 0) is 0 Å². The Morgan fingerprint density at radius 1 is 1.14 bits per heavy atom. The molecule has 2 aliphatic carbocycles. The summed E-state index contributed by atoms with van der Waals surface area (Å²) in [5, 5.41) is 38.1. The Hall–Kier alpha value is -2.11. The van der Waals surface area contributed by atoms with Crippen LogP contribution in [-0.4, -0.2) is 65.7 Å². The van der Waals surface area contributed by atoms with Crippen LogP contribution in [0.3, 0.4) is 0 Å². The molecule has 0 amide bonds. The normalized spacial score (nSPS) is 24.4. The molecule has 3 heterocycles. The Morgan fingerprint density at radius 3 is 2.54 bits per heavy atom. The largest absolute Gasteiger partial charge is 0.396 e. The van der Waals surface area contributed by atoms with Crippen LogP contribution >= 0.6 is 23.7 Å². The van der Waals surface area contributed by atoms with Gasteiger partial charge in [0.2, 0.25) is 5.95 Å². The second-order valence-electron chi connectivity index (χ2n) is 10.5. The average Bonchev–Trinajstić information content (AvgIpc) is 3.45. The number of fused-ring (bicyclic) bond motifs is 1. The van der Waals surface area contributed by atoms with Crippen molar-refractivity contribution in [2.75, 3.05) is 17.2 Å². The molecule has 0 aromatic carbocycles. The summed E-state index contributed by atoms with van der Waals surface area (Å²) >= 11 is 1.57. The molecule has 3 aromatic rings. The Bertz CT molecular complexity index is 1210. The summed E-state index contributed by atoms with van der Waals surface area (Å²) in [5.74, 6) is 1.17. The van der Waals surface area contributed by atoms with Gasteiger partial charge >= 0.3 is 0 Å². The molecule has 5 rings (SSSR count). The molecule has 11 heteroatoms. The Balaban J connectivity index is 0.00000289. The van der Waals surface area contributed by atoms with E-state index in [1.54, 1.807) is 11.3 Å². The SMILES string of the molecule is Cc1nc(NC(C)(C)C)nc(N[C@@H]2[C@H](CO)C[C@@H](O)[C@H]2O)c1-c1nc2c(C3CC3)nccc2s1.Cl. The van der Waals surface area contributed by atoms with Gasteiger partial charge in [0.25, 0.3) is 0 Å². The van der Waals surface area contributed by atoms with Gasteiger partial charge in [-0.1, -0.05) is 0 Å². The maximum atomic E-state index is 10.6. The summed E-state index contributed by atoms with van der Waals surface area (Å²) in [5.41, 5.74) is 3.24. The maximum absolute atomic E-state index is 10.6. The first-order chi connectivity index (χ1) is 16.1. The van der Waals surface area contributed by atoms with Crippen LogP contribution in [0.1, 0.15) is 57.3 Å². The van der Waals surface area contributed by atoms with E-state index in [0.717, 1.165) is 45.0 Å². The molecule has 2 fully saturated rings. The van der Waals surface area contributed by atoms with Gasteiger partial charge in [0.05, 0.1) is 33.8 Å². The molecule has 2 saturated carbocycles. The zero-order chi connectivity index (χ0) is 24.2. The zero-order valence-electron chi connectivity index (χ0n) is 20.3. The molecule has 2 aliphatic rings. The third-order valence-corrected chi connectivity index (χ3v) is 7.48. The first kappa shape index (κ1) is 26.0. The van der Waals surface area contributed by atoms with E-state index in [1.165, 1.54) is 0 Å². The fourth-order valence-corrected chi connectivity index (χ4v) is 5.69. The van der Waals surface area contributed by atoms with Gasteiger partial charge in [-0.25, -0.2) is 9.97 Å². The lowest BCUT2D eigenvalue weighted by atomic mass is 10.0. The van der Waals surface area contributed by atoms with Crippen molar-refractivity contribution in [2.45, 2.75) is 76.7 Å². The minimum absolute atomic E-state index is 0. The van der Waals surface area contributed by atoms with Gasteiger partial charge in [0.1, 0.15) is 22.4 Å². The molecule has 0 radical (unpaired) electrons. The fourth-order valence-electron chi connectivity index (χ4n) is 4.63. The highest BCUT2D eigenvalue weighted by atomic mass is 35.5. The summed E-state index contributed by atoms with van der Waals surface area (Å²) in [6.45, 7) is 7.88. The molecule has 0 aliphatic heterocycles. The van der Waals surface area contributed by atoms with Crippen molar-refractivity contribution in [1.29, 1.82) is 0 Å². The fraction of sp³-hybridized carbons (Fsp3) is 0.583. The number of aryl methyl sites for hydroxylation is 1. The van der Waals surface area contributed by atoms with Gasteiger partial charge in [-0.15, -0.1) is 23.7 Å². The van der Waals surface area contributed by atoms with E-state index in [4.69, 9.17) is 15.0 Å². The minimum atomic E-state index is -1.01. The summed E-state index contributed by atoms with van der Waals surface area (Å²) < 4.78 is 1.07. The number of halogens is 1. The second kappa shape index (κ2) is 9.74. The molecule has 0 unspecified atom stereocenters. The monoisotopic (exact) mass is 520 g/mol. The van der Waals surface area contributed by atoms with Gasteiger partial charge in [-0.2, -0.15) is 4.98 Å². The van der Waals surface area contributed by atoms with E-state index in [-0.39, 0.29) is 30.5 Å². The first-order valence-electron chi connectivity index (χ1n) is 11.8. The molecule has 190 valence electrons. The number of hydrogen-bond donors (Lipinski definition) is 5. The molecular formula is C24H33ClN6O3S. The lowest BCUT2D eigenvalue weighted by molar-refractivity contribution is 0.0390. The van der Waals surface area contributed by atoms with E-state index < -0.39 is 18.2 Å². The number of thiazole rings is 1. The Labute approximate surface area is 214 Å². The van der Waals surface area contributed by atoms with Crippen LogP contribution in [0.4, 0.5) is 11.8 Å². The van der Waals surface area contributed by atoms with Crippen molar-refractivity contribution in [3.05, 3.63) is 23.7 Å². The number of aliphatic hydroxyl groups excluding tert-OH is 3. The van der Waals surface area contributed by atoms with Crippen LogP contribution in [0.15, 0.2) is 12.3 Å². The van der Waals surface area contributed by atoms with Gasteiger partial charge in [-0.05, 0) is 53.0 Å². The third-order valence-electron chi connectivity index (χ3n) is 6.44. The van der Waals surface area contributed by atoms with Crippen LogP contribution in [0.5, 0.6) is 0 Å². The van der Waals surface area contributed by atoms with E-state index in [9.17, 15) is 15.3 Å². The summed E-state index contributed by atoms with van der Waals surface area (Å²) in [4.78, 5) is 19.0. The van der Waals surface area contributed by atoms with Crippen LogP contribution < -0.4 is 10.6 Å². The Kier molecular flexibility index (Phi) is 7.23. The number of anilines is 2. The van der Waals surface area contributed by atoms with E-state index in [1.807, 2.05) is 40.0 Å². The number of nitrogens with one attached hydrogen (secondary N) is 2. The van der Waals surface area contributed by atoms with Gasteiger partial charge in [-0.3, -0.25) is 4.98 Å². The van der Waals surface area contributed by atoms with Crippen molar-refractivity contribution in [1.82, 2.24) is 19.9 Å². The van der Waals surface area contributed by atoms with Crippen LogP contribution in [0.25, 0.3) is 20.8 Å². The summed E-state index contributed by atoms with van der Waals surface area (Å²) in [6, 6.07) is 1.44. The molecule has 9 nitrogen and oxygen atoms in total. The molecule has 0 spiro atoms. The predicted octanol–water partition coefficient (Wildman–Crippen LogP) is 3.48. The standard InChI is InChI=1S/C24H32N6O3S.ClH/c1-11-16(22-28-19-15(34-22)7-8-25-17(19)12-5-6-12)21(29-23(26-11)30-24(2,3)4)27-18-13(10-31)9-14(32)20(18)33;/h7-8,12-14,18,20,31-33H,5-6,9-10H2,1-4H3,(H2,26,27,29,30);1H/t13-,14+,18+,20+;/m0./s1. The van der Waals surface area contributed by atoms with E-state index >= 15 is 0 Å². The van der Waals surface area contributed by atoms with Crippen molar-refractivity contribution >= 4 is 45.7 Å². The Morgan fingerprint density at radius 2 is 1.89 bits per heavy atom. The number of aliphatic hydroxyl groups is 3.